The second kappa shape index (κ2) is 9.19. The van der Waals surface area contributed by atoms with Crippen molar-refractivity contribution in [2.24, 2.45) is 10.7 Å². The van der Waals surface area contributed by atoms with Gasteiger partial charge in [0.05, 0.1) is 19.7 Å². The number of likely N-dealkylation sites (N-methyl/N-ethyl adjacent to an activating group) is 1. The van der Waals surface area contributed by atoms with Crippen molar-refractivity contribution >= 4 is 29.9 Å². The number of nitrogens with zero attached hydrogens (tertiary/aromatic N) is 2. The Balaban J connectivity index is 0.00000441. The minimum atomic E-state index is -0.0861. The molecule has 0 heterocycles. The molecule has 0 saturated carbocycles. The monoisotopic (exact) mass is 420 g/mol. The number of hydrogen-bond acceptors (Lipinski definition) is 3. The topological polar surface area (TPSA) is 62.9 Å². The molecule has 5 nitrogen and oxygen atoms in total. The Bertz CT molecular complexity index is 483. The van der Waals surface area contributed by atoms with Crippen LogP contribution in [-0.2, 0) is 0 Å². The van der Waals surface area contributed by atoms with Crippen molar-refractivity contribution in [2.75, 3.05) is 27.7 Å². The molecule has 1 aromatic carbocycles. The molecule has 22 heavy (non-hydrogen) atoms. The Hall–Kier alpha value is -1.02. The van der Waals surface area contributed by atoms with Gasteiger partial charge < -0.3 is 20.7 Å². The van der Waals surface area contributed by atoms with Crippen LogP contribution >= 0.6 is 24.0 Å². The Morgan fingerprint density at radius 3 is 2.50 bits per heavy atom. The highest BCUT2D eigenvalue weighted by molar-refractivity contribution is 14.0. The molecule has 0 aromatic heterocycles. The lowest BCUT2D eigenvalue weighted by molar-refractivity contribution is 0.305. The molecule has 126 valence electrons. The van der Waals surface area contributed by atoms with Crippen molar-refractivity contribution in [3.05, 3.63) is 29.8 Å². The van der Waals surface area contributed by atoms with E-state index in [0.717, 1.165) is 11.3 Å². The van der Waals surface area contributed by atoms with E-state index in [0.29, 0.717) is 12.5 Å². The molecule has 0 aliphatic heterocycles. The van der Waals surface area contributed by atoms with Crippen LogP contribution in [0.4, 0.5) is 0 Å². The van der Waals surface area contributed by atoms with Crippen molar-refractivity contribution in [3.8, 4) is 5.75 Å². The number of aliphatic imine (C=N–C) groups is 1. The van der Waals surface area contributed by atoms with E-state index in [4.69, 9.17) is 10.5 Å². The predicted octanol–water partition coefficient (Wildman–Crippen LogP) is 2.62. The quantitative estimate of drug-likeness (QED) is 0.437. The number of guanidine groups is 1. The first kappa shape index (κ1) is 21.0. The second-order valence-electron chi connectivity index (χ2n) is 6.36. The van der Waals surface area contributed by atoms with E-state index < -0.39 is 0 Å². The number of rotatable bonds is 5. The van der Waals surface area contributed by atoms with E-state index in [1.165, 1.54) is 0 Å². The van der Waals surface area contributed by atoms with Crippen LogP contribution in [0, 0.1) is 0 Å². The summed E-state index contributed by atoms with van der Waals surface area (Å²) >= 11 is 0. The fourth-order valence-electron chi connectivity index (χ4n) is 2.02. The summed E-state index contributed by atoms with van der Waals surface area (Å²) in [5.74, 6) is 1.32. The molecule has 3 N–H and O–H groups in total. The van der Waals surface area contributed by atoms with E-state index in [-0.39, 0.29) is 35.6 Å². The molecule has 0 aliphatic carbocycles. The van der Waals surface area contributed by atoms with E-state index in [1.807, 2.05) is 32.3 Å². The van der Waals surface area contributed by atoms with E-state index >= 15 is 0 Å². The molecule has 1 aromatic rings. The van der Waals surface area contributed by atoms with Gasteiger partial charge in [-0.1, -0.05) is 12.1 Å². The summed E-state index contributed by atoms with van der Waals surface area (Å²) in [5.41, 5.74) is 7.01. The summed E-state index contributed by atoms with van der Waals surface area (Å²) in [4.78, 5) is 6.59. The van der Waals surface area contributed by atoms with Gasteiger partial charge in [-0.15, -0.1) is 24.0 Å². The van der Waals surface area contributed by atoms with Crippen LogP contribution in [0.2, 0.25) is 0 Å². The lowest BCUT2D eigenvalue weighted by Gasteiger charge is -2.25. The van der Waals surface area contributed by atoms with Crippen molar-refractivity contribution < 1.29 is 4.74 Å². The molecule has 1 atom stereocenters. The summed E-state index contributed by atoms with van der Waals surface area (Å²) in [6.07, 6.45) is 0. The predicted molar refractivity (Wildman–Crippen MR) is 104 cm³/mol. The Kier molecular flexibility index (Phi) is 8.77. The fourth-order valence-corrected chi connectivity index (χ4v) is 2.02. The third kappa shape index (κ3) is 7.31. The van der Waals surface area contributed by atoms with Crippen LogP contribution in [0.5, 0.6) is 5.75 Å². The van der Waals surface area contributed by atoms with Crippen LogP contribution in [-0.4, -0.2) is 44.1 Å². The van der Waals surface area contributed by atoms with E-state index in [2.05, 4.69) is 42.0 Å². The fraction of sp³-hybridized carbons (Fsp3) is 0.562. The number of nitrogens with one attached hydrogen (secondary N) is 1. The average molecular weight is 420 g/mol. The van der Waals surface area contributed by atoms with Gasteiger partial charge in [-0.25, -0.2) is 0 Å². The molecule has 0 aliphatic rings. The van der Waals surface area contributed by atoms with Crippen LogP contribution < -0.4 is 15.8 Å². The minimum absolute atomic E-state index is 0. The van der Waals surface area contributed by atoms with Gasteiger partial charge in [-0.2, -0.15) is 0 Å². The van der Waals surface area contributed by atoms with Gasteiger partial charge in [0.2, 0.25) is 0 Å². The molecule has 1 unspecified atom stereocenters. The zero-order valence-corrected chi connectivity index (χ0v) is 16.7. The van der Waals surface area contributed by atoms with Gasteiger partial charge in [0.15, 0.2) is 5.96 Å². The van der Waals surface area contributed by atoms with E-state index in [1.54, 1.807) is 7.11 Å². The maximum Gasteiger partial charge on any atom is 0.189 e. The average Bonchev–Trinajstić information content (AvgIpc) is 2.36. The number of ether oxygens (including phenoxy) is 1. The third-order valence-electron chi connectivity index (χ3n) is 3.04. The number of benzene rings is 1. The molecule has 0 radical (unpaired) electrons. The number of nitrogens with two attached hydrogens (primary N) is 1. The van der Waals surface area contributed by atoms with Gasteiger partial charge >= 0.3 is 0 Å². The summed E-state index contributed by atoms with van der Waals surface area (Å²) in [5, 5.41) is 3.17. The molecule has 1 rings (SSSR count). The lowest BCUT2D eigenvalue weighted by atomic mass is 10.1. The maximum absolute atomic E-state index is 5.94. The smallest absolute Gasteiger partial charge is 0.189 e. The summed E-state index contributed by atoms with van der Waals surface area (Å²) < 4.78 is 5.28. The van der Waals surface area contributed by atoms with Gasteiger partial charge in [-0.3, -0.25) is 4.99 Å². The zero-order chi connectivity index (χ0) is 16.0. The van der Waals surface area contributed by atoms with Crippen LogP contribution in [0.1, 0.15) is 32.4 Å². The first-order valence-corrected chi connectivity index (χ1v) is 7.11. The lowest BCUT2D eigenvalue weighted by Crippen LogP contribution is -2.45. The maximum atomic E-state index is 5.94. The van der Waals surface area contributed by atoms with Crippen LogP contribution in [0.15, 0.2) is 29.3 Å². The highest BCUT2D eigenvalue weighted by Crippen LogP contribution is 2.22. The largest absolute Gasteiger partial charge is 0.497 e. The molecule has 0 saturated heterocycles. The third-order valence-corrected chi connectivity index (χ3v) is 3.04. The van der Waals surface area contributed by atoms with Crippen LogP contribution in [0.25, 0.3) is 0 Å². The molecule has 0 fully saturated rings. The molecule has 6 heteroatoms. The van der Waals surface area contributed by atoms with Crippen molar-refractivity contribution in [1.82, 2.24) is 10.2 Å². The second-order valence-corrected chi connectivity index (χ2v) is 6.36. The first-order valence-electron chi connectivity index (χ1n) is 7.11. The normalized spacial score (nSPS) is 13.5. The first-order chi connectivity index (χ1) is 9.73. The minimum Gasteiger partial charge on any atom is -0.497 e. The standard InChI is InChI=1S/C16H28N4O.HI/c1-16(2,3)19-15(17)18-11-14(20(4)5)12-8-7-9-13(10-12)21-6;/h7-10,14H,11H2,1-6H3,(H3,17,18,19);1H. The van der Waals surface area contributed by atoms with Crippen molar-refractivity contribution in [3.63, 3.8) is 0 Å². The Morgan fingerprint density at radius 2 is 2.00 bits per heavy atom. The molecular weight excluding hydrogens is 391 g/mol. The molecule has 0 bridgehead atoms. The Morgan fingerprint density at radius 1 is 1.36 bits per heavy atom. The van der Waals surface area contributed by atoms with Crippen LogP contribution in [0.3, 0.4) is 0 Å². The van der Waals surface area contributed by atoms with Crippen molar-refractivity contribution in [1.29, 1.82) is 0 Å². The SMILES string of the molecule is COc1cccc(C(CN=C(N)NC(C)(C)C)N(C)C)c1.I. The Labute approximate surface area is 151 Å². The van der Waals surface area contributed by atoms with Gasteiger partial charge in [-0.05, 0) is 52.6 Å². The molecular formula is C16H29IN4O. The highest BCUT2D eigenvalue weighted by atomic mass is 127. The number of hydrogen-bond donors (Lipinski definition) is 2. The summed E-state index contributed by atoms with van der Waals surface area (Å²) in [7, 11) is 5.74. The van der Waals surface area contributed by atoms with Crippen molar-refractivity contribution in [2.45, 2.75) is 32.4 Å². The zero-order valence-electron chi connectivity index (χ0n) is 14.4. The number of methoxy groups -OCH3 is 1. The van der Waals surface area contributed by atoms with Gasteiger partial charge in [0.1, 0.15) is 5.75 Å². The van der Waals surface area contributed by atoms with E-state index in [9.17, 15) is 0 Å². The highest BCUT2D eigenvalue weighted by Gasteiger charge is 2.15. The van der Waals surface area contributed by atoms with Gasteiger partial charge in [0, 0.05) is 5.54 Å². The molecule has 0 amide bonds. The van der Waals surface area contributed by atoms with Gasteiger partial charge in [0.25, 0.3) is 0 Å². The summed E-state index contributed by atoms with van der Waals surface area (Å²) in [6, 6.07) is 8.20. The summed E-state index contributed by atoms with van der Waals surface area (Å²) in [6.45, 7) is 6.76. The molecule has 0 spiro atoms. The number of halogens is 1.